The van der Waals surface area contributed by atoms with Crippen LogP contribution in [0, 0.1) is 5.82 Å². The van der Waals surface area contributed by atoms with Crippen LogP contribution in [0.1, 0.15) is 0 Å². The zero-order valence-electron chi connectivity index (χ0n) is 14.5. The predicted molar refractivity (Wildman–Crippen MR) is 110 cm³/mol. The summed E-state index contributed by atoms with van der Waals surface area (Å²) in [5.74, 6) is -0.977. The molecule has 0 aliphatic heterocycles. The second-order valence-electron chi connectivity index (χ2n) is 5.86. The molecule has 3 rings (SSSR count). The topological polar surface area (TPSA) is 66.5 Å². The molecular weight excluding hydrogens is 447 g/mol. The highest BCUT2D eigenvalue weighted by atomic mass is 79.9. The Morgan fingerprint density at radius 3 is 2.14 bits per heavy atom. The molecule has 0 atom stereocenters. The number of sulfonamides is 1. The third-order valence-electron chi connectivity index (χ3n) is 3.86. The van der Waals surface area contributed by atoms with Crippen LogP contribution in [0.5, 0.6) is 0 Å². The lowest BCUT2D eigenvalue weighted by Gasteiger charge is -2.24. The third-order valence-corrected chi connectivity index (χ3v) is 6.18. The minimum Gasteiger partial charge on any atom is -0.325 e. The first-order chi connectivity index (χ1) is 13.4. The molecule has 0 fully saturated rings. The molecule has 0 aliphatic rings. The molecule has 0 radical (unpaired) electrons. The summed E-state index contributed by atoms with van der Waals surface area (Å²) in [4.78, 5) is 12.6. The molecule has 0 aromatic heterocycles. The van der Waals surface area contributed by atoms with Crippen molar-refractivity contribution in [3.8, 4) is 0 Å². The van der Waals surface area contributed by atoms with Crippen molar-refractivity contribution >= 4 is 43.2 Å². The molecule has 0 saturated carbocycles. The third kappa shape index (κ3) is 4.76. The van der Waals surface area contributed by atoms with Gasteiger partial charge in [0.05, 0.1) is 10.6 Å². The van der Waals surface area contributed by atoms with Crippen molar-refractivity contribution in [3.63, 3.8) is 0 Å². The van der Waals surface area contributed by atoms with E-state index in [1.807, 2.05) is 0 Å². The highest BCUT2D eigenvalue weighted by Crippen LogP contribution is 2.25. The van der Waals surface area contributed by atoms with E-state index >= 15 is 0 Å². The zero-order chi connectivity index (χ0) is 20.1. The number of nitrogens with zero attached hydrogens (tertiary/aromatic N) is 1. The number of benzene rings is 3. The zero-order valence-corrected chi connectivity index (χ0v) is 17.0. The summed E-state index contributed by atoms with van der Waals surface area (Å²) in [6, 6.07) is 19.7. The van der Waals surface area contributed by atoms with Crippen LogP contribution in [0.4, 0.5) is 15.8 Å². The standard InChI is InChI=1S/C20H16BrFN2O3S/c21-15-6-12-18(13-7-15)24(28(26,27)19-4-2-1-3-5-19)14-20(25)23-17-10-8-16(22)9-11-17/h1-13H,14H2,(H,23,25). The average Bonchev–Trinajstić information content (AvgIpc) is 2.69. The number of hydrogen-bond acceptors (Lipinski definition) is 3. The van der Waals surface area contributed by atoms with Crippen molar-refractivity contribution < 1.29 is 17.6 Å². The molecule has 8 heteroatoms. The fourth-order valence-electron chi connectivity index (χ4n) is 2.51. The fourth-order valence-corrected chi connectivity index (χ4v) is 4.21. The van der Waals surface area contributed by atoms with Gasteiger partial charge in [-0.3, -0.25) is 9.10 Å². The molecule has 5 nitrogen and oxygen atoms in total. The molecule has 3 aromatic rings. The van der Waals surface area contributed by atoms with Crippen LogP contribution < -0.4 is 9.62 Å². The summed E-state index contributed by atoms with van der Waals surface area (Å²) >= 11 is 3.31. The Labute approximate surface area is 171 Å². The maximum Gasteiger partial charge on any atom is 0.264 e. The summed E-state index contributed by atoms with van der Waals surface area (Å²) in [6.45, 7) is -0.434. The van der Waals surface area contributed by atoms with Gasteiger partial charge in [-0.15, -0.1) is 0 Å². The van der Waals surface area contributed by atoms with Gasteiger partial charge in [0, 0.05) is 10.2 Å². The van der Waals surface area contributed by atoms with E-state index in [4.69, 9.17) is 0 Å². The Morgan fingerprint density at radius 1 is 0.929 bits per heavy atom. The lowest BCUT2D eigenvalue weighted by atomic mass is 10.3. The second kappa shape index (κ2) is 8.53. The maximum absolute atomic E-state index is 13.1. The molecule has 3 aromatic carbocycles. The molecule has 1 N–H and O–H groups in total. The van der Waals surface area contributed by atoms with E-state index in [9.17, 15) is 17.6 Å². The Kier molecular flexibility index (Phi) is 6.11. The first kappa shape index (κ1) is 20.0. The molecule has 0 unspecified atom stereocenters. The molecule has 0 aliphatic carbocycles. The van der Waals surface area contributed by atoms with Crippen LogP contribution in [0.15, 0.2) is 88.2 Å². The Morgan fingerprint density at radius 2 is 1.54 bits per heavy atom. The van der Waals surface area contributed by atoms with Crippen LogP contribution >= 0.6 is 15.9 Å². The highest BCUT2D eigenvalue weighted by Gasteiger charge is 2.27. The smallest absolute Gasteiger partial charge is 0.264 e. The van der Waals surface area contributed by atoms with Gasteiger partial charge < -0.3 is 5.32 Å². The van der Waals surface area contributed by atoms with Crippen LogP contribution in [0.25, 0.3) is 0 Å². The van der Waals surface area contributed by atoms with E-state index in [0.717, 1.165) is 8.78 Å². The molecule has 0 saturated heterocycles. The normalized spacial score (nSPS) is 11.1. The van der Waals surface area contributed by atoms with Gasteiger partial charge in [-0.05, 0) is 60.7 Å². The first-order valence-corrected chi connectivity index (χ1v) is 10.5. The average molecular weight is 463 g/mol. The van der Waals surface area contributed by atoms with Crippen molar-refractivity contribution in [2.45, 2.75) is 4.90 Å². The summed E-state index contributed by atoms with van der Waals surface area (Å²) in [6.07, 6.45) is 0. The van der Waals surface area contributed by atoms with Crippen molar-refractivity contribution in [3.05, 3.63) is 89.2 Å². The molecule has 144 valence electrons. The van der Waals surface area contributed by atoms with Crippen molar-refractivity contribution in [1.82, 2.24) is 0 Å². The minimum absolute atomic E-state index is 0.0764. The summed E-state index contributed by atoms with van der Waals surface area (Å²) in [7, 11) is -3.96. The first-order valence-electron chi connectivity index (χ1n) is 8.25. The molecule has 0 spiro atoms. The van der Waals surface area contributed by atoms with E-state index in [1.165, 1.54) is 36.4 Å². The number of nitrogens with one attached hydrogen (secondary N) is 1. The number of hydrogen-bond donors (Lipinski definition) is 1. The summed E-state index contributed by atoms with van der Waals surface area (Å²) in [5, 5.41) is 2.58. The van der Waals surface area contributed by atoms with Gasteiger partial charge in [0.15, 0.2) is 0 Å². The van der Waals surface area contributed by atoms with Crippen LogP contribution in [-0.2, 0) is 14.8 Å². The van der Waals surface area contributed by atoms with E-state index in [-0.39, 0.29) is 4.90 Å². The molecule has 1 amide bonds. The lowest BCUT2D eigenvalue weighted by molar-refractivity contribution is -0.114. The van der Waals surface area contributed by atoms with Crippen molar-refractivity contribution in [1.29, 1.82) is 0 Å². The van der Waals surface area contributed by atoms with Crippen LogP contribution in [0.2, 0.25) is 0 Å². The lowest BCUT2D eigenvalue weighted by Crippen LogP contribution is -2.38. The highest BCUT2D eigenvalue weighted by molar-refractivity contribution is 9.10. The largest absolute Gasteiger partial charge is 0.325 e. The molecule has 28 heavy (non-hydrogen) atoms. The van der Waals surface area contributed by atoms with Gasteiger partial charge in [-0.2, -0.15) is 0 Å². The number of halogens is 2. The fraction of sp³-hybridized carbons (Fsp3) is 0.0500. The number of anilines is 2. The van der Waals surface area contributed by atoms with Gasteiger partial charge >= 0.3 is 0 Å². The SMILES string of the molecule is O=C(CN(c1ccc(Br)cc1)S(=O)(=O)c1ccccc1)Nc1ccc(F)cc1. The van der Waals surface area contributed by atoms with Crippen LogP contribution in [-0.4, -0.2) is 20.9 Å². The number of carbonyl (C=O) groups excluding carboxylic acids is 1. The van der Waals surface area contributed by atoms with Crippen molar-refractivity contribution in [2.75, 3.05) is 16.2 Å². The van der Waals surface area contributed by atoms with Gasteiger partial charge in [-0.25, -0.2) is 12.8 Å². The van der Waals surface area contributed by atoms with E-state index in [2.05, 4.69) is 21.2 Å². The number of carbonyl (C=O) groups is 1. The Balaban J connectivity index is 1.91. The number of amides is 1. The molecular formula is C20H16BrFN2O3S. The van der Waals surface area contributed by atoms with E-state index < -0.39 is 28.3 Å². The predicted octanol–water partition coefficient (Wildman–Crippen LogP) is 4.42. The summed E-state index contributed by atoms with van der Waals surface area (Å²) in [5.41, 5.74) is 0.723. The van der Waals surface area contributed by atoms with Gasteiger partial charge in [0.1, 0.15) is 12.4 Å². The minimum atomic E-state index is -3.96. The molecule has 0 bridgehead atoms. The monoisotopic (exact) mass is 462 g/mol. The van der Waals surface area contributed by atoms with Gasteiger partial charge in [-0.1, -0.05) is 34.1 Å². The van der Waals surface area contributed by atoms with Crippen molar-refractivity contribution in [2.24, 2.45) is 0 Å². The molecule has 0 heterocycles. The number of rotatable bonds is 6. The van der Waals surface area contributed by atoms with E-state index in [1.54, 1.807) is 42.5 Å². The Hall–Kier alpha value is -2.71. The van der Waals surface area contributed by atoms with Crippen LogP contribution in [0.3, 0.4) is 0 Å². The summed E-state index contributed by atoms with van der Waals surface area (Å²) < 4.78 is 41.1. The van der Waals surface area contributed by atoms with E-state index in [0.29, 0.717) is 11.4 Å². The van der Waals surface area contributed by atoms with Gasteiger partial charge in [0.25, 0.3) is 10.0 Å². The van der Waals surface area contributed by atoms with Gasteiger partial charge in [0.2, 0.25) is 5.91 Å². The quantitative estimate of drug-likeness (QED) is 0.589. The second-order valence-corrected chi connectivity index (χ2v) is 8.63. The maximum atomic E-state index is 13.1. The Bertz CT molecular complexity index is 1060.